The van der Waals surface area contributed by atoms with Crippen molar-refractivity contribution in [2.75, 3.05) is 33.3 Å². The van der Waals surface area contributed by atoms with Gasteiger partial charge in [-0.3, -0.25) is 9.78 Å². The number of amides is 1. The molecule has 1 aliphatic carbocycles. The molecular weight excluding hydrogens is 292 g/mol. The summed E-state index contributed by atoms with van der Waals surface area (Å²) in [5, 5.41) is 0. The number of nitrogens with zero attached hydrogens (tertiary/aromatic N) is 4. The molecule has 0 spiro atoms. The van der Waals surface area contributed by atoms with Gasteiger partial charge >= 0.3 is 0 Å². The van der Waals surface area contributed by atoms with Crippen LogP contribution in [0.25, 0.3) is 0 Å². The fraction of sp³-hybridized carbons (Fsp3) is 0.706. The molecule has 3 atom stereocenters. The molecule has 0 unspecified atom stereocenters. The monoisotopic (exact) mass is 316 g/mol. The van der Waals surface area contributed by atoms with Gasteiger partial charge in [0.05, 0.1) is 18.3 Å². The molecule has 3 aliphatic rings. The third-order valence-electron chi connectivity index (χ3n) is 5.50. The quantitative estimate of drug-likeness (QED) is 0.831. The maximum absolute atomic E-state index is 12.8. The summed E-state index contributed by atoms with van der Waals surface area (Å²) in [5.41, 5.74) is 0.447. The van der Waals surface area contributed by atoms with Crippen molar-refractivity contribution in [1.82, 2.24) is 19.8 Å². The molecule has 0 N–H and O–H groups in total. The Morgan fingerprint density at radius 3 is 2.87 bits per heavy atom. The van der Waals surface area contributed by atoms with Gasteiger partial charge in [0.15, 0.2) is 0 Å². The van der Waals surface area contributed by atoms with E-state index >= 15 is 0 Å². The fourth-order valence-corrected chi connectivity index (χ4v) is 4.15. The Bertz CT molecular complexity index is 563. The van der Waals surface area contributed by atoms with Crippen LogP contribution in [0, 0.1) is 11.8 Å². The lowest BCUT2D eigenvalue weighted by atomic mass is 9.89. The van der Waals surface area contributed by atoms with Crippen molar-refractivity contribution in [3.8, 4) is 0 Å². The summed E-state index contributed by atoms with van der Waals surface area (Å²) in [6, 6.07) is 0.238. The minimum absolute atomic E-state index is 0.0101. The number of carbonyl (C=O) groups excluding carboxylic acids is 1. The third-order valence-corrected chi connectivity index (χ3v) is 5.50. The van der Waals surface area contributed by atoms with Crippen molar-refractivity contribution >= 4 is 5.91 Å². The molecule has 0 bridgehead atoms. The Kier molecular flexibility index (Phi) is 4.03. The second kappa shape index (κ2) is 6.17. The number of hydrogen-bond acceptors (Lipinski definition) is 5. The average Bonchev–Trinajstić information content (AvgIpc) is 3.30. The van der Waals surface area contributed by atoms with Crippen LogP contribution in [-0.4, -0.2) is 71.1 Å². The predicted molar refractivity (Wildman–Crippen MR) is 84.9 cm³/mol. The molecule has 3 heterocycles. The zero-order chi connectivity index (χ0) is 15.8. The molecule has 124 valence electrons. The van der Waals surface area contributed by atoms with E-state index in [0.29, 0.717) is 11.6 Å². The summed E-state index contributed by atoms with van der Waals surface area (Å²) >= 11 is 0. The highest BCUT2D eigenvalue weighted by molar-refractivity contribution is 5.92. The lowest BCUT2D eigenvalue weighted by Gasteiger charge is -2.40. The van der Waals surface area contributed by atoms with Crippen LogP contribution < -0.4 is 0 Å². The van der Waals surface area contributed by atoms with Crippen LogP contribution in [0.15, 0.2) is 18.6 Å². The third kappa shape index (κ3) is 2.97. The smallest absolute Gasteiger partial charge is 0.274 e. The highest BCUT2D eigenvalue weighted by Crippen LogP contribution is 2.36. The van der Waals surface area contributed by atoms with Crippen molar-refractivity contribution in [3.05, 3.63) is 24.3 Å². The van der Waals surface area contributed by atoms with Gasteiger partial charge in [-0.1, -0.05) is 0 Å². The fourth-order valence-electron chi connectivity index (χ4n) is 4.15. The van der Waals surface area contributed by atoms with E-state index in [1.165, 1.54) is 19.4 Å². The summed E-state index contributed by atoms with van der Waals surface area (Å²) in [5.74, 6) is 1.30. The zero-order valence-electron chi connectivity index (χ0n) is 13.6. The van der Waals surface area contributed by atoms with Crippen molar-refractivity contribution < 1.29 is 9.53 Å². The van der Waals surface area contributed by atoms with Crippen molar-refractivity contribution in [2.45, 2.75) is 31.4 Å². The molecule has 3 fully saturated rings. The second-order valence-electron chi connectivity index (χ2n) is 7.05. The van der Waals surface area contributed by atoms with Gasteiger partial charge in [-0.15, -0.1) is 0 Å². The molecule has 2 aliphatic heterocycles. The van der Waals surface area contributed by atoms with Crippen LogP contribution in [0.4, 0.5) is 0 Å². The topological polar surface area (TPSA) is 58.6 Å². The van der Waals surface area contributed by atoms with Gasteiger partial charge in [0.1, 0.15) is 5.69 Å². The normalized spacial score (nSPS) is 31.2. The van der Waals surface area contributed by atoms with Gasteiger partial charge in [-0.2, -0.15) is 0 Å². The van der Waals surface area contributed by atoms with Crippen LogP contribution in [0.5, 0.6) is 0 Å². The van der Waals surface area contributed by atoms with Crippen molar-refractivity contribution in [2.24, 2.45) is 11.8 Å². The molecular formula is C17H24N4O2. The molecule has 6 heteroatoms. The number of aromatic nitrogens is 2. The first-order valence-electron chi connectivity index (χ1n) is 8.58. The predicted octanol–water partition coefficient (Wildman–Crippen LogP) is 1.05. The summed E-state index contributed by atoms with van der Waals surface area (Å²) < 4.78 is 5.72. The number of rotatable bonds is 4. The maximum atomic E-state index is 12.8. The maximum Gasteiger partial charge on any atom is 0.274 e. The van der Waals surface area contributed by atoms with Gasteiger partial charge in [-0.05, 0) is 25.2 Å². The molecule has 1 saturated carbocycles. The number of likely N-dealkylation sites (tertiary alicyclic amines) is 2. The van der Waals surface area contributed by atoms with Crippen LogP contribution in [0.3, 0.4) is 0 Å². The van der Waals surface area contributed by atoms with E-state index in [9.17, 15) is 4.79 Å². The molecule has 6 nitrogen and oxygen atoms in total. The molecule has 2 saturated heterocycles. The van der Waals surface area contributed by atoms with E-state index in [0.717, 1.165) is 32.0 Å². The van der Waals surface area contributed by atoms with E-state index in [1.54, 1.807) is 25.7 Å². The number of hydrogen-bond donors (Lipinski definition) is 0. The average molecular weight is 316 g/mol. The summed E-state index contributed by atoms with van der Waals surface area (Å²) in [4.78, 5) is 25.6. The molecule has 4 rings (SSSR count). The van der Waals surface area contributed by atoms with E-state index in [2.05, 4.69) is 14.9 Å². The highest BCUT2D eigenvalue weighted by Gasteiger charge is 2.47. The van der Waals surface area contributed by atoms with Gasteiger partial charge in [0.25, 0.3) is 5.91 Å². The van der Waals surface area contributed by atoms with E-state index in [4.69, 9.17) is 4.74 Å². The molecule has 1 aromatic rings. The molecule has 1 amide bonds. The largest absolute Gasteiger partial charge is 0.381 e. The lowest BCUT2D eigenvalue weighted by Crippen LogP contribution is -2.53. The lowest BCUT2D eigenvalue weighted by molar-refractivity contribution is -0.0158. The Morgan fingerprint density at radius 2 is 2.17 bits per heavy atom. The minimum Gasteiger partial charge on any atom is -0.381 e. The number of ether oxygens (including phenoxy) is 1. The van der Waals surface area contributed by atoms with Crippen LogP contribution >= 0.6 is 0 Å². The number of methoxy groups -OCH3 is 1. The SMILES string of the molecule is CO[C@H]1CCN(C(=O)c2cnccn2)[C@@H]2CN(CC3CC3)C[C@H]12. The zero-order valence-corrected chi connectivity index (χ0v) is 13.6. The number of carbonyl (C=O) groups is 1. The Hall–Kier alpha value is -1.53. The highest BCUT2D eigenvalue weighted by atomic mass is 16.5. The van der Waals surface area contributed by atoms with Gasteiger partial charge in [0, 0.05) is 51.6 Å². The van der Waals surface area contributed by atoms with E-state index < -0.39 is 0 Å². The summed E-state index contributed by atoms with van der Waals surface area (Å²) in [6.45, 7) is 3.93. The standard InChI is InChI=1S/C17H24N4O2/c1-23-16-4-7-21(17(22)14-8-18-5-6-19-14)15-11-20(10-13(15)16)9-12-2-3-12/h5-6,8,12-13,15-16H,2-4,7,9-11H2,1H3/t13-,15+,16-/m0/s1. The summed E-state index contributed by atoms with van der Waals surface area (Å²) in [6.07, 6.45) is 8.64. The van der Waals surface area contributed by atoms with Crippen LogP contribution in [0.1, 0.15) is 29.8 Å². The van der Waals surface area contributed by atoms with Gasteiger partial charge in [0.2, 0.25) is 0 Å². The molecule has 23 heavy (non-hydrogen) atoms. The minimum atomic E-state index is 0.0101. The van der Waals surface area contributed by atoms with E-state index in [1.807, 2.05) is 4.90 Å². The molecule has 1 aromatic heterocycles. The first-order chi connectivity index (χ1) is 11.3. The summed E-state index contributed by atoms with van der Waals surface area (Å²) in [7, 11) is 1.80. The van der Waals surface area contributed by atoms with Crippen LogP contribution in [-0.2, 0) is 4.74 Å². The number of fused-ring (bicyclic) bond motifs is 1. The second-order valence-corrected chi connectivity index (χ2v) is 7.05. The Balaban J connectivity index is 1.52. The molecule has 0 radical (unpaired) electrons. The first kappa shape index (κ1) is 15.0. The van der Waals surface area contributed by atoms with Crippen molar-refractivity contribution in [3.63, 3.8) is 0 Å². The Labute approximate surface area is 136 Å². The van der Waals surface area contributed by atoms with E-state index in [-0.39, 0.29) is 18.1 Å². The van der Waals surface area contributed by atoms with Crippen LogP contribution in [0.2, 0.25) is 0 Å². The Morgan fingerprint density at radius 1 is 1.30 bits per heavy atom. The van der Waals surface area contributed by atoms with Gasteiger partial charge in [-0.25, -0.2) is 4.98 Å². The van der Waals surface area contributed by atoms with Crippen molar-refractivity contribution in [1.29, 1.82) is 0 Å². The molecule has 0 aromatic carbocycles. The van der Waals surface area contributed by atoms with Gasteiger partial charge < -0.3 is 14.5 Å². The first-order valence-corrected chi connectivity index (χ1v) is 8.58. The number of piperidine rings is 1.